The SMILES string of the molecule is COc1ccc([C@@H]2[C@@H](CCCc3ccc(F)cc3)OC(=O)N2c2ccccc2)c(O)c1. The highest BCUT2D eigenvalue weighted by Crippen LogP contribution is 2.43. The van der Waals surface area contributed by atoms with Crippen molar-refractivity contribution in [1.82, 2.24) is 0 Å². The molecule has 0 unspecified atom stereocenters. The van der Waals surface area contributed by atoms with E-state index in [2.05, 4.69) is 0 Å². The van der Waals surface area contributed by atoms with E-state index < -0.39 is 18.2 Å². The second-order valence-electron chi connectivity index (χ2n) is 7.52. The third-order valence-electron chi connectivity index (χ3n) is 5.54. The van der Waals surface area contributed by atoms with Crippen molar-refractivity contribution < 1.29 is 23.8 Å². The van der Waals surface area contributed by atoms with Crippen LogP contribution in [-0.2, 0) is 11.2 Å². The van der Waals surface area contributed by atoms with E-state index in [1.807, 2.05) is 30.3 Å². The molecule has 3 aromatic rings. The molecule has 1 fully saturated rings. The topological polar surface area (TPSA) is 59.0 Å². The Hall–Kier alpha value is -3.54. The van der Waals surface area contributed by atoms with Gasteiger partial charge >= 0.3 is 6.09 Å². The number of benzene rings is 3. The molecule has 4 rings (SSSR count). The van der Waals surface area contributed by atoms with Crippen LogP contribution in [0.5, 0.6) is 11.5 Å². The number of aromatic hydroxyl groups is 1. The number of phenolic OH excluding ortho intramolecular Hbond substituents is 1. The van der Waals surface area contributed by atoms with Crippen molar-refractivity contribution in [1.29, 1.82) is 0 Å². The standard InChI is InChI=1S/C25H24FNO4/c1-30-20-14-15-21(22(28)16-20)24-23(9-5-6-17-10-12-18(26)13-11-17)31-25(29)27(24)19-7-3-2-4-8-19/h2-4,7-8,10-16,23-24,28H,5-6,9H2,1H3/t23-,24-/m1/s1. The number of nitrogens with zero attached hydrogens (tertiary/aromatic N) is 1. The van der Waals surface area contributed by atoms with Crippen LogP contribution in [0.3, 0.4) is 0 Å². The third kappa shape index (κ3) is 4.48. The van der Waals surface area contributed by atoms with Crippen molar-refractivity contribution in [2.45, 2.75) is 31.4 Å². The number of hydrogen-bond donors (Lipinski definition) is 1. The van der Waals surface area contributed by atoms with Crippen LogP contribution in [0.1, 0.15) is 30.0 Å². The molecule has 160 valence electrons. The number of hydrogen-bond acceptors (Lipinski definition) is 4. The number of anilines is 1. The van der Waals surface area contributed by atoms with E-state index in [0.29, 0.717) is 23.4 Å². The fourth-order valence-electron chi connectivity index (χ4n) is 4.00. The predicted octanol–water partition coefficient (Wildman–Crippen LogP) is 5.63. The molecule has 2 atom stereocenters. The second-order valence-corrected chi connectivity index (χ2v) is 7.52. The van der Waals surface area contributed by atoms with Gasteiger partial charge in [-0.05, 0) is 61.2 Å². The summed E-state index contributed by atoms with van der Waals surface area (Å²) in [5.41, 5.74) is 2.32. The average Bonchev–Trinajstić information content (AvgIpc) is 3.11. The first-order chi connectivity index (χ1) is 15.1. The van der Waals surface area contributed by atoms with Crippen LogP contribution in [-0.4, -0.2) is 24.4 Å². The monoisotopic (exact) mass is 421 g/mol. The Morgan fingerprint density at radius 1 is 1.06 bits per heavy atom. The van der Waals surface area contributed by atoms with Crippen molar-refractivity contribution in [3.63, 3.8) is 0 Å². The molecule has 1 heterocycles. The molecule has 0 radical (unpaired) electrons. The summed E-state index contributed by atoms with van der Waals surface area (Å²) >= 11 is 0. The zero-order valence-corrected chi connectivity index (χ0v) is 17.2. The molecule has 6 heteroatoms. The van der Waals surface area contributed by atoms with Gasteiger partial charge < -0.3 is 14.6 Å². The van der Waals surface area contributed by atoms with Crippen molar-refractivity contribution in [2.75, 3.05) is 12.0 Å². The maximum absolute atomic E-state index is 13.1. The highest BCUT2D eigenvalue weighted by atomic mass is 19.1. The molecular weight excluding hydrogens is 397 g/mol. The minimum Gasteiger partial charge on any atom is -0.507 e. The van der Waals surface area contributed by atoms with Gasteiger partial charge in [-0.15, -0.1) is 0 Å². The fraction of sp³-hybridized carbons (Fsp3) is 0.240. The van der Waals surface area contributed by atoms with Gasteiger partial charge in [0.2, 0.25) is 0 Å². The summed E-state index contributed by atoms with van der Waals surface area (Å²) in [6.45, 7) is 0. The largest absolute Gasteiger partial charge is 0.507 e. The highest BCUT2D eigenvalue weighted by molar-refractivity contribution is 5.91. The maximum Gasteiger partial charge on any atom is 0.415 e. The number of aryl methyl sites for hydroxylation is 1. The van der Waals surface area contributed by atoms with Gasteiger partial charge in [0.1, 0.15) is 29.5 Å². The van der Waals surface area contributed by atoms with Gasteiger partial charge in [-0.2, -0.15) is 0 Å². The normalized spacial score (nSPS) is 18.1. The number of methoxy groups -OCH3 is 1. The number of ether oxygens (including phenoxy) is 2. The Balaban J connectivity index is 1.60. The van der Waals surface area contributed by atoms with Gasteiger partial charge in [-0.3, -0.25) is 4.90 Å². The summed E-state index contributed by atoms with van der Waals surface area (Å²) in [5.74, 6) is 0.319. The van der Waals surface area contributed by atoms with Crippen molar-refractivity contribution in [3.05, 3.63) is 89.7 Å². The number of carbonyl (C=O) groups excluding carboxylic acids is 1. The lowest BCUT2D eigenvalue weighted by molar-refractivity contribution is 0.124. The summed E-state index contributed by atoms with van der Waals surface area (Å²) in [6, 6.07) is 20.3. The number of phenols is 1. The molecule has 31 heavy (non-hydrogen) atoms. The van der Waals surface area contributed by atoms with Crippen molar-refractivity contribution in [2.24, 2.45) is 0 Å². The summed E-state index contributed by atoms with van der Waals surface area (Å²) in [4.78, 5) is 14.4. The lowest BCUT2D eigenvalue weighted by Crippen LogP contribution is -2.29. The Morgan fingerprint density at radius 3 is 2.48 bits per heavy atom. The highest BCUT2D eigenvalue weighted by Gasteiger charge is 2.44. The molecule has 5 nitrogen and oxygen atoms in total. The first-order valence-corrected chi connectivity index (χ1v) is 10.2. The lowest BCUT2D eigenvalue weighted by atomic mass is 9.94. The quantitative estimate of drug-likeness (QED) is 0.537. The Bertz CT molecular complexity index is 1040. The van der Waals surface area contributed by atoms with Gasteiger partial charge in [0.15, 0.2) is 0 Å². The van der Waals surface area contributed by atoms with Gasteiger partial charge in [0.05, 0.1) is 7.11 Å². The Morgan fingerprint density at radius 2 is 1.81 bits per heavy atom. The number of para-hydroxylation sites is 1. The molecule has 1 N–H and O–H groups in total. The van der Waals surface area contributed by atoms with E-state index in [1.165, 1.54) is 25.3 Å². The number of carbonyl (C=O) groups is 1. The van der Waals surface area contributed by atoms with Crippen LogP contribution in [0.2, 0.25) is 0 Å². The molecule has 0 aliphatic carbocycles. The Labute approximate surface area is 180 Å². The van der Waals surface area contributed by atoms with Gasteiger partial charge in [-0.25, -0.2) is 9.18 Å². The number of cyclic esters (lactones) is 1. The predicted molar refractivity (Wildman–Crippen MR) is 116 cm³/mol. The molecule has 0 spiro atoms. The molecule has 1 aliphatic rings. The van der Waals surface area contributed by atoms with E-state index in [9.17, 15) is 14.3 Å². The van der Waals surface area contributed by atoms with Crippen LogP contribution in [0.4, 0.5) is 14.9 Å². The summed E-state index contributed by atoms with van der Waals surface area (Å²) in [5, 5.41) is 10.7. The summed E-state index contributed by atoms with van der Waals surface area (Å²) in [7, 11) is 1.53. The van der Waals surface area contributed by atoms with Crippen LogP contribution < -0.4 is 9.64 Å². The molecule has 0 aromatic heterocycles. The number of rotatable bonds is 7. The number of halogens is 1. The first kappa shape index (κ1) is 20.7. The minimum absolute atomic E-state index is 0.0483. The summed E-state index contributed by atoms with van der Waals surface area (Å²) < 4.78 is 24.1. The van der Waals surface area contributed by atoms with Crippen molar-refractivity contribution >= 4 is 11.8 Å². The van der Waals surface area contributed by atoms with Crippen LogP contribution in [0, 0.1) is 5.82 Å². The van der Waals surface area contributed by atoms with Crippen LogP contribution in [0.25, 0.3) is 0 Å². The molecule has 1 aliphatic heterocycles. The van der Waals surface area contributed by atoms with E-state index in [1.54, 1.807) is 29.2 Å². The van der Waals surface area contributed by atoms with Gasteiger partial charge in [0, 0.05) is 17.3 Å². The van der Waals surface area contributed by atoms with E-state index in [-0.39, 0.29) is 11.6 Å². The molecule has 0 saturated carbocycles. The summed E-state index contributed by atoms with van der Waals surface area (Å²) in [6.07, 6.45) is 1.20. The average molecular weight is 421 g/mol. The van der Waals surface area contributed by atoms with Crippen molar-refractivity contribution in [3.8, 4) is 11.5 Å². The molecule has 1 amide bonds. The molecule has 3 aromatic carbocycles. The zero-order valence-electron chi connectivity index (χ0n) is 17.2. The molecule has 0 bridgehead atoms. The van der Waals surface area contributed by atoms with Gasteiger partial charge in [-0.1, -0.05) is 30.3 Å². The Kier molecular flexibility index (Phi) is 6.07. The minimum atomic E-state index is -0.478. The van der Waals surface area contributed by atoms with Crippen LogP contribution >= 0.6 is 0 Å². The smallest absolute Gasteiger partial charge is 0.415 e. The van der Waals surface area contributed by atoms with Gasteiger partial charge in [0.25, 0.3) is 0 Å². The maximum atomic E-state index is 13.1. The van der Waals surface area contributed by atoms with E-state index >= 15 is 0 Å². The van der Waals surface area contributed by atoms with E-state index in [0.717, 1.165) is 18.4 Å². The van der Waals surface area contributed by atoms with E-state index in [4.69, 9.17) is 9.47 Å². The number of amides is 1. The fourth-order valence-corrected chi connectivity index (χ4v) is 4.00. The second kappa shape index (κ2) is 9.08. The molecule has 1 saturated heterocycles. The third-order valence-corrected chi connectivity index (χ3v) is 5.54. The molecular formula is C25H24FNO4. The lowest BCUT2D eigenvalue weighted by Gasteiger charge is -2.26. The van der Waals surface area contributed by atoms with Crippen LogP contribution in [0.15, 0.2) is 72.8 Å². The zero-order chi connectivity index (χ0) is 21.8. The first-order valence-electron chi connectivity index (χ1n) is 10.2.